The van der Waals surface area contributed by atoms with Gasteiger partial charge in [0.05, 0.1) is 12.1 Å². The number of carbonyl (C=O) groups excluding carboxylic acids is 1. The lowest BCUT2D eigenvalue weighted by atomic mass is 9.96. The highest BCUT2D eigenvalue weighted by molar-refractivity contribution is 5.98. The molecule has 27 heavy (non-hydrogen) atoms. The quantitative estimate of drug-likeness (QED) is 0.673. The number of benzene rings is 1. The first-order valence-corrected chi connectivity index (χ1v) is 8.95. The van der Waals surface area contributed by atoms with E-state index < -0.39 is 18.2 Å². The van der Waals surface area contributed by atoms with Gasteiger partial charge in [0.25, 0.3) is 5.91 Å². The molecule has 2 rings (SSSR count). The smallest absolute Gasteiger partial charge is 0.407 e. The number of carbonyl (C=O) groups is 2. The van der Waals surface area contributed by atoms with Gasteiger partial charge in [-0.3, -0.25) is 4.79 Å². The van der Waals surface area contributed by atoms with E-state index in [9.17, 15) is 19.8 Å². The third kappa shape index (κ3) is 4.90. The minimum atomic E-state index is -1.05. The van der Waals surface area contributed by atoms with Crippen LogP contribution >= 0.6 is 0 Å². The normalized spacial score (nSPS) is 20.1. The number of hydrogen-bond acceptors (Lipinski definition) is 5. The monoisotopic (exact) mass is 380 g/mol. The van der Waals surface area contributed by atoms with Crippen LogP contribution < -0.4 is 10.1 Å². The molecule has 8 nitrogen and oxygen atoms in total. The van der Waals surface area contributed by atoms with Crippen molar-refractivity contribution >= 4 is 12.0 Å². The fourth-order valence-corrected chi connectivity index (χ4v) is 3.37. The molecule has 0 spiro atoms. The van der Waals surface area contributed by atoms with Crippen LogP contribution in [0, 0.1) is 20.8 Å². The van der Waals surface area contributed by atoms with Crippen LogP contribution in [0.4, 0.5) is 4.79 Å². The highest BCUT2D eigenvalue weighted by Gasteiger charge is 2.30. The Morgan fingerprint density at radius 2 is 2.00 bits per heavy atom. The van der Waals surface area contributed by atoms with Gasteiger partial charge in [0.15, 0.2) is 6.79 Å². The number of likely N-dealkylation sites (tertiary alicyclic amines) is 1. The highest BCUT2D eigenvalue weighted by Crippen LogP contribution is 2.28. The Labute approximate surface area is 159 Å². The molecule has 150 valence electrons. The van der Waals surface area contributed by atoms with Crippen molar-refractivity contribution in [2.75, 3.05) is 27.0 Å². The molecule has 0 unspecified atom stereocenters. The maximum atomic E-state index is 12.9. The lowest BCUT2D eigenvalue weighted by Gasteiger charge is -2.26. The Hall–Kier alpha value is -2.32. The van der Waals surface area contributed by atoms with E-state index in [4.69, 9.17) is 9.47 Å². The SMILES string of the molecule is COCOc1cc(C)c(C(=O)N[C@@H]2CN(C(=O)O)CCC[C@H]2O)c(C)c1C. The molecule has 1 aliphatic heterocycles. The van der Waals surface area contributed by atoms with Crippen molar-refractivity contribution < 1.29 is 29.3 Å². The molecule has 0 radical (unpaired) electrons. The zero-order valence-electron chi connectivity index (χ0n) is 16.2. The second kappa shape index (κ2) is 9.05. The van der Waals surface area contributed by atoms with E-state index >= 15 is 0 Å². The third-order valence-electron chi connectivity index (χ3n) is 5.00. The zero-order valence-corrected chi connectivity index (χ0v) is 16.2. The van der Waals surface area contributed by atoms with Gasteiger partial charge in [-0.05, 0) is 56.4 Å². The summed E-state index contributed by atoms with van der Waals surface area (Å²) in [5.41, 5.74) is 2.85. The number of amides is 2. The summed E-state index contributed by atoms with van der Waals surface area (Å²) >= 11 is 0. The van der Waals surface area contributed by atoms with Crippen LogP contribution in [0.5, 0.6) is 5.75 Å². The molecule has 0 aromatic heterocycles. The topological polar surface area (TPSA) is 108 Å². The number of ether oxygens (including phenoxy) is 2. The number of hydrogen-bond donors (Lipinski definition) is 3. The van der Waals surface area contributed by atoms with Crippen LogP contribution in [-0.2, 0) is 4.74 Å². The predicted molar refractivity (Wildman–Crippen MR) is 99.2 cm³/mol. The van der Waals surface area contributed by atoms with Crippen molar-refractivity contribution in [3.8, 4) is 5.75 Å². The summed E-state index contributed by atoms with van der Waals surface area (Å²) in [6.45, 7) is 6.04. The zero-order chi connectivity index (χ0) is 20.1. The standard InChI is InChI=1S/C19H28N2O6/c1-11-8-16(27-10-26-4)12(2)13(3)17(11)18(23)20-14-9-21(19(24)25)7-5-6-15(14)22/h8,14-15,22H,5-7,9-10H2,1-4H3,(H,20,23)(H,24,25)/t14-,15-/m1/s1. The van der Waals surface area contributed by atoms with Crippen LogP contribution in [-0.4, -0.2) is 66.3 Å². The largest absolute Gasteiger partial charge is 0.467 e. The Morgan fingerprint density at radius 1 is 1.30 bits per heavy atom. The van der Waals surface area contributed by atoms with Gasteiger partial charge in [-0.2, -0.15) is 0 Å². The first kappa shape index (κ1) is 21.0. The summed E-state index contributed by atoms with van der Waals surface area (Å²) < 4.78 is 10.5. The maximum Gasteiger partial charge on any atom is 0.407 e. The number of aliphatic hydroxyl groups is 1. The van der Waals surface area contributed by atoms with E-state index in [0.717, 1.165) is 16.7 Å². The summed E-state index contributed by atoms with van der Waals surface area (Å²) in [6.07, 6.45) is -0.839. The van der Waals surface area contributed by atoms with Crippen LogP contribution in [0.3, 0.4) is 0 Å². The number of nitrogens with zero attached hydrogens (tertiary/aromatic N) is 1. The Balaban J connectivity index is 2.23. The number of aliphatic hydroxyl groups excluding tert-OH is 1. The average molecular weight is 380 g/mol. The van der Waals surface area contributed by atoms with Gasteiger partial charge in [0.2, 0.25) is 0 Å². The Kier molecular flexibility index (Phi) is 7.04. The first-order valence-electron chi connectivity index (χ1n) is 8.95. The van der Waals surface area contributed by atoms with Gasteiger partial charge in [-0.1, -0.05) is 0 Å². The molecule has 3 N–H and O–H groups in total. The van der Waals surface area contributed by atoms with Crippen LogP contribution in [0.25, 0.3) is 0 Å². The van der Waals surface area contributed by atoms with Crippen molar-refractivity contribution in [2.45, 2.75) is 45.8 Å². The van der Waals surface area contributed by atoms with E-state index in [0.29, 0.717) is 30.7 Å². The lowest BCUT2D eigenvalue weighted by Crippen LogP contribution is -2.50. The van der Waals surface area contributed by atoms with Crippen molar-refractivity contribution in [3.05, 3.63) is 28.3 Å². The van der Waals surface area contributed by atoms with Crippen molar-refractivity contribution in [1.82, 2.24) is 10.2 Å². The molecule has 2 amide bonds. The minimum absolute atomic E-state index is 0.0638. The van der Waals surface area contributed by atoms with E-state index in [-0.39, 0.29) is 19.2 Å². The summed E-state index contributed by atoms with van der Waals surface area (Å²) in [7, 11) is 1.54. The van der Waals surface area contributed by atoms with Gasteiger partial charge in [-0.25, -0.2) is 4.79 Å². The highest BCUT2D eigenvalue weighted by atomic mass is 16.7. The van der Waals surface area contributed by atoms with Crippen molar-refractivity contribution in [3.63, 3.8) is 0 Å². The number of rotatable bonds is 5. The third-order valence-corrected chi connectivity index (χ3v) is 5.00. The van der Waals surface area contributed by atoms with Crippen molar-refractivity contribution in [1.29, 1.82) is 0 Å². The second-order valence-corrected chi connectivity index (χ2v) is 6.89. The predicted octanol–water partition coefficient (Wildman–Crippen LogP) is 1.83. The van der Waals surface area contributed by atoms with Crippen LogP contribution in [0.15, 0.2) is 6.07 Å². The minimum Gasteiger partial charge on any atom is -0.467 e. The molecule has 1 aromatic rings. The fraction of sp³-hybridized carbons (Fsp3) is 0.579. The summed E-state index contributed by atoms with van der Waals surface area (Å²) in [6, 6.07) is 1.13. The molecule has 1 aromatic carbocycles. The van der Waals surface area contributed by atoms with Crippen molar-refractivity contribution in [2.24, 2.45) is 0 Å². The van der Waals surface area contributed by atoms with E-state index in [1.807, 2.05) is 20.8 Å². The average Bonchev–Trinajstić information content (AvgIpc) is 2.79. The van der Waals surface area contributed by atoms with E-state index in [1.54, 1.807) is 6.07 Å². The van der Waals surface area contributed by atoms with Crippen LogP contribution in [0.1, 0.15) is 39.9 Å². The Morgan fingerprint density at radius 3 is 2.63 bits per heavy atom. The van der Waals surface area contributed by atoms with Crippen LogP contribution in [0.2, 0.25) is 0 Å². The second-order valence-electron chi connectivity index (χ2n) is 6.89. The molecular formula is C19H28N2O6. The fourth-order valence-electron chi connectivity index (χ4n) is 3.37. The maximum absolute atomic E-state index is 12.9. The van der Waals surface area contributed by atoms with E-state index in [2.05, 4.69) is 5.32 Å². The molecule has 2 atom stereocenters. The van der Waals surface area contributed by atoms with Gasteiger partial charge >= 0.3 is 6.09 Å². The molecular weight excluding hydrogens is 352 g/mol. The molecule has 1 aliphatic rings. The van der Waals surface area contributed by atoms with Gasteiger partial charge in [-0.15, -0.1) is 0 Å². The summed E-state index contributed by atoms with van der Waals surface area (Å²) in [4.78, 5) is 25.4. The van der Waals surface area contributed by atoms with E-state index in [1.165, 1.54) is 12.0 Å². The molecule has 1 saturated heterocycles. The number of methoxy groups -OCH3 is 1. The molecule has 8 heteroatoms. The van der Waals surface area contributed by atoms with Gasteiger partial charge in [0, 0.05) is 25.8 Å². The Bertz CT molecular complexity index is 706. The number of carboxylic acid groups (broad SMARTS) is 1. The number of aryl methyl sites for hydroxylation is 1. The lowest BCUT2D eigenvalue weighted by molar-refractivity contribution is 0.0505. The van der Waals surface area contributed by atoms with Gasteiger partial charge in [0.1, 0.15) is 5.75 Å². The molecule has 1 fully saturated rings. The first-order chi connectivity index (χ1) is 12.8. The van der Waals surface area contributed by atoms with Gasteiger partial charge < -0.3 is 29.9 Å². The summed E-state index contributed by atoms with van der Waals surface area (Å²) in [5, 5.41) is 22.4. The number of nitrogens with one attached hydrogen (secondary N) is 1. The molecule has 0 bridgehead atoms. The molecule has 1 heterocycles. The molecule has 0 saturated carbocycles. The summed E-state index contributed by atoms with van der Waals surface area (Å²) in [5.74, 6) is 0.317. The molecule has 0 aliphatic carbocycles.